The van der Waals surface area contributed by atoms with Gasteiger partial charge in [-0.2, -0.15) is 4.31 Å². The van der Waals surface area contributed by atoms with E-state index in [-0.39, 0.29) is 23.8 Å². The summed E-state index contributed by atoms with van der Waals surface area (Å²) in [4.78, 5) is 26.4. The molecule has 0 spiro atoms. The number of amides is 1. The zero-order valence-electron chi connectivity index (χ0n) is 18.3. The third-order valence-electron chi connectivity index (χ3n) is 5.73. The standard InChI is InChI=1S/C22H32N2O6S/c1-17-13-18(2)15-23(14-17)21(25)16-30-22(26)8-5-19-3-6-20(7-4-19)31(27,28)24-9-11-29-12-10-24/h3-4,6-7,17-18H,5,8-16H2,1-2H3. The summed E-state index contributed by atoms with van der Waals surface area (Å²) in [6.07, 6.45) is 1.66. The van der Waals surface area contributed by atoms with Gasteiger partial charge in [-0.15, -0.1) is 0 Å². The minimum atomic E-state index is -3.53. The van der Waals surface area contributed by atoms with E-state index in [1.807, 2.05) is 0 Å². The highest BCUT2D eigenvalue weighted by Gasteiger charge is 2.27. The molecule has 2 atom stereocenters. The number of hydrogen-bond acceptors (Lipinski definition) is 6. The molecule has 3 rings (SSSR count). The number of rotatable bonds is 7. The normalized spacial score (nSPS) is 22.8. The molecule has 2 aliphatic rings. The lowest BCUT2D eigenvalue weighted by Gasteiger charge is -2.34. The number of benzene rings is 1. The topological polar surface area (TPSA) is 93.2 Å². The first-order valence-corrected chi connectivity index (χ1v) is 12.3. The van der Waals surface area contributed by atoms with Crippen molar-refractivity contribution in [3.8, 4) is 0 Å². The van der Waals surface area contributed by atoms with Gasteiger partial charge < -0.3 is 14.4 Å². The molecule has 1 amide bonds. The number of morpholine rings is 1. The van der Waals surface area contributed by atoms with E-state index >= 15 is 0 Å². The van der Waals surface area contributed by atoms with Gasteiger partial charge in [0.25, 0.3) is 5.91 Å². The van der Waals surface area contributed by atoms with Crippen LogP contribution in [0.15, 0.2) is 29.2 Å². The molecule has 9 heteroatoms. The summed E-state index contributed by atoms with van der Waals surface area (Å²) in [6.45, 7) is 6.94. The third-order valence-corrected chi connectivity index (χ3v) is 7.64. The molecule has 0 aromatic heterocycles. The molecule has 172 valence electrons. The van der Waals surface area contributed by atoms with Crippen molar-refractivity contribution in [3.63, 3.8) is 0 Å². The fourth-order valence-electron chi connectivity index (χ4n) is 4.18. The van der Waals surface area contributed by atoms with Crippen LogP contribution in [0.5, 0.6) is 0 Å². The lowest BCUT2D eigenvalue weighted by atomic mass is 9.92. The van der Waals surface area contributed by atoms with E-state index in [0.717, 1.165) is 12.0 Å². The second-order valence-electron chi connectivity index (χ2n) is 8.57. The van der Waals surface area contributed by atoms with Crippen molar-refractivity contribution < 1.29 is 27.5 Å². The maximum absolute atomic E-state index is 12.6. The predicted molar refractivity (Wildman–Crippen MR) is 115 cm³/mol. The molecule has 1 aromatic rings. The van der Waals surface area contributed by atoms with E-state index in [1.54, 1.807) is 29.2 Å². The molecule has 0 N–H and O–H groups in total. The van der Waals surface area contributed by atoms with Gasteiger partial charge in [0.2, 0.25) is 10.0 Å². The van der Waals surface area contributed by atoms with Gasteiger partial charge in [0.1, 0.15) is 0 Å². The third kappa shape index (κ3) is 6.51. The van der Waals surface area contributed by atoms with Gasteiger partial charge in [-0.1, -0.05) is 26.0 Å². The van der Waals surface area contributed by atoms with E-state index in [1.165, 1.54) is 4.31 Å². The van der Waals surface area contributed by atoms with Gasteiger partial charge in [0, 0.05) is 32.6 Å². The van der Waals surface area contributed by atoms with Crippen LogP contribution in [0.2, 0.25) is 0 Å². The molecule has 31 heavy (non-hydrogen) atoms. The summed E-state index contributed by atoms with van der Waals surface area (Å²) in [6, 6.07) is 6.55. The highest BCUT2D eigenvalue weighted by molar-refractivity contribution is 7.89. The van der Waals surface area contributed by atoms with Crippen molar-refractivity contribution in [2.24, 2.45) is 11.8 Å². The van der Waals surface area contributed by atoms with E-state index in [0.29, 0.717) is 57.6 Å². The first-order valence-electron chi connectivity index (χ1n) is 10.9. The molecule has 2 saturated heterocycles. The minimum absolute atomic E-state index is 0.135. The second-order valence-corrected chi connectivity index (χ2v) is 10.5. The maximum Gasteiger partial charge on any atom is 0.306 e. The number of carbonyl (C=O) groups is 2. The number of ether oxygens (including phenoxy) is 2. The van der Waals surface area contributed by atoms with Gasteiger partial charge in [-0.3, -0.25) is 9.59 Å². The Kier molecular flexibility index (Phi) is 8.07. The van der Waals surface area contributed by atoms with Gasteiger partial charge in [-0.25, -0.2) is 8.42 Å². The first-order chi connectivity index (χ1) is 14.8. The van der Waals surface area contributed by atoms with E-state index in [4.69, 9.17) is 9.47 Å². The lowest BCUT2D eigenvalue weighted by Crippen LogP contribution is -2.44. The van der Waals surface area contributed by atoms with Crippen molar-refractivity contribution in [1.29, 1.82) is 0 Å². The van der Waals surface area contributed by atoms with E-state index in [9.17, 15) is 18.0 Å². The average molecular weight is 453 g/mol. The molecule has 8 nitrogen and oxygen atoms in total. The van der Waals surface area contributed by atoms with Crippen LogP contribution in [0.1, 0.15) is 32.3 Å². The largest absolute Gasteiger partial charge is 0.456 e. The lowest BCUT2D eigenvalue weighted by molar-refractivity contribution is -0.153. The van der Waals surface area contributed by atoms with Crippen molar-refractivity contribution >= 4 is 21.9 Å². The molecular formula is C22H32N2O6S. The summed E-state index contributed by atoms with van der Waals surface area (Å²) in [5, 5.41) is 0. The number of sulfonamides is 1. The number of hydrogen-bond donors (Lipinski definition) is 0. The molecule has 0 aliphatic carbocycles. The predicted octanol–water partition coefficient (Wildman–Crippen LogP) is 1.69. The molecule has 2 heterocycles. The Bertz CT molecular complexity index is 854. The van der Waals surface area contributed by atoms with Gasteiger partial charge in [-0.05, 0) is 42.4 Å². The van der Waals surface area contributed by atoms with Gasteiger partial charge >= 0.3 is 5.97 Å². The van der Waals surface area contributed by atoms with E-state index in [2.05, 4.69) is 13.8 Å². The van der Waals surface area contributed by atoms with Crippen molar-refractivity contribution in [3.05, 3.63) is 29.8 Å². The number of piperidine rings is 1. The number of aryl methyl sites for hydroxylation is 1. The van der Waals surface area contributed by atoms with Crippen LogP contribution in [0.25, 0.3) is 0 Å². The molecule has 2 fully saturated rings. The zero-order chi connectivity index (χ0) is 22.4. The Morgan fingerprint density at radius 2 is 1.68 bits per heavy atom. The SMILES string of the molecule is CC1CC(C)CN(C(=O)COC(=O)CCc2ccc(S(=O)(=O)N3CCOCC3)cc2)C1. The number of likely N-dealkylation sites (tertiary alicyclic amines) is 1. The Morgan fingerprint density at radius 1 is 1.06 bits per heavy atom. The minimum Gasteiger partial charge on any atom is -0.456 e. The number of esters is 1. The molecule has 1 aromatic carbocycles. The molecular weight excluding hydrogens is 420 g/mol. The molecule has 2 aliphatic heterocycles. The highest BCUT2D eigenvalue weighted by atomic mass is 32.2. The Labute approximate surface area is 184 Å². The Hall–Kier alpha value is -1.97. The van der Waals surface area contributed by atoms with Crippen LogP contribution in [-0.4, -0.2) is 75.5 Å². The summed E-state index contributed by atoms with van der Waals surface area (Å²) >= 11 is 0. The maximum atomic E-state index is 12.6. The number of nitrogens with zero attached hydrogens (tertiary/aromatic N) is 2. The number of carbonyl (C=O) groups excluding carboxylic acids is 2. The van der Waals surface area contributed by atoms with Crippen molar-refractivity contribution in [1.82, 2.24) is 9.21 Å². The van der Waals surface area contributed by atoms with Crippen LogP contribution >= 0.6 is 0 Å². The highest BCUT2D eigenvalue weighted by Crippen LogP contribution is 2.21. The van der Waals surface area contributed by atoms with Gasteiger partial charge in [0.15, 0.2) is 6.61 Å². The van der Waals surface area contributed by atoms with Crippen LogP contribution in [-0.2, 0) is 35.5 Å². The Balaban J connectivity index is 1.44. The van der Waals surface area contributed by atoms with Crippen molar-refractivity contribution in [2.75, 3.05) is 46.0 Å². The second kappa shape index (κ2) is 10.6. The van der Waals surface area contributed by atoms with Gasteiger partial charge in [0.05, 0.1) is 18.1 Å². The van der Waals surface area contributed by atoms with Crippen LogP contribution in [0, 0.1) is 11.8 Å². The smallest absolute Gasteiger partial charge is 0.306 e. The average Bonchev–Trinajstić information content (AvgIpc) is 2.76. The Morgan fingerprint density at radius 3 is 2.29 bits per heavy atom. The quantitative estimate of drug-likeness (QED) is 0.585. The molecule has 2 unspecified atom stereocenters. The summed E-state index contributed by atoms with van der Waals surface area (Å²) in [5.41, 5.74) is 0.836. The van der Waals surface area contributed by atoms with Crippen LogP contribution in [0.3, 0.4) is 0 Å². The summed E-state index contributed by atoms with van der Waals surface area (Å²) in [5.74, 6) is 0.331. The summed E-state index contributed by atoms with van der Waals surface area (Å²) < 4.78 is 37.1. The van der Waals surface area contributed by atoms with Crippen LogP contribution in [0.4, 0.5) is 0 Å². The fourth-order valence-corrected chi connectivity index (χ4v) is 5.59. The first kappa shape index (κ1) is 23.7. The molecule has 0 radical (unpaired) electrons. The zero-order valence-corrected chi connectivity index (χ0v) is 19.1. The van der Waals surface area contributed by atoms with Crippen LogP contribution < -0.4 is 0 Å². The summed E-state index contributed by atoms with van der Waals surface area (Å²) in [7, 11) is -3.53. The van der Waals surface area contributed by atoms with E-state index < -0.39 is 16.0 Å². The van der Waals surface area contributed by atoms with Crippen molar-refractivity contribution in [2.45, 2.75) is 38.0 Å². The molecule has 0 bridgehead atoms. The monoisotopic (exact) mass is 452 g/mol. The molecule has 0 saturated carbocycles. The fraction of sp³-hybridized carbons (Fsp3) is 0.636.